The van der Waals surface area contributed by atoms with E-state index >= 15 is 0 Å². The first-order valence-corrected chi connectivity index (χ1v) is 32.4. The summed E-state index contributed by atoms with van der Waals surface area (Å²) in [6.45, 7) is 6.53. The number of rotatable bonds is 59. The highest BCUT2D eigenvalue weighted by atomic mass is 16.6. The third-order valence-corrected chi connectivity index (χ3v) is 14.2. The Kier molecular flexibility index (Phi) is 60.7. The molecule has 6 heteroatoms. The van der Waals surface area contributed by atoms with Gasteiger partial charge >= 0.3 is 17.9 Å². The molecule has 0 saturated carbocycles. The van der Waals surface area contributed by atoms with Crippen LogP contribution in [0.1, 0.15) is 329 Å². The SMILES string of the molecule is CC/C=C\C/C=C\C/C=C\CCCCCC(=O)OCC(COC(=O)CCCCCCCCCCCCCC/C=C\C/C=C\C/C=C\CCCCCCC)OC(=O)CCCCCCCCCCCCCCCCCCC. The maximum absolute atomic E-state index is 12.9. The van der Waals surface area contributed by atoms with Crippen molar-refractivity contribution in [3.63, 3.8) is 0 Å². The Labute approximate surface area is 465 Å². The summed E-state index contributed by atoms with van der Waals surface area (Å²) in [5.41, 5.74) is 0. The van der Waals surface area contributed by atoms with E-state index in [0.717, 1.165) is 96.3 Å². The van der Waals surface area contributed by atoms with E-state index in [9.17, 15) is 14.4 Å². The van der Waals surface area contributed by atoms with Crippen molar-refractivity contribution in [1.29, 1.82) is 0 Å². The van der Waals surface area contributed by atoms with Crippen molar-refractivity contribution < 1.29 is 28.6 Å². The van der Waals surface area contributed by atoms with Gasteiger partial charge in [-0.25, -0.2) is 0 Å². The fourth-order valence-electron chi connectivity index (χ4n) is 9.35. The summed E-state index contributed by atoms with van der Waals surface area (Å²) in [6, 6.07) is 0. The average Bonchev–Trinajstić information content (AvgIpc) is 3.41. The van der Waals surface area contributed by atoms with Crippen molar-refractivity contribution in [3.8, 4) is 0 Å². The standard InChI is InChI=1S/C69H122O6/c1-4-7-10-13-16-19-22-25-27-29-30-31-32-33-34-35-36-37-38-40-41-44-47-50-53-56-59-62-68(71)74-65-66(64-73-67(70)61-58-55-52-49-46-43-24-21-18-15-12-9-6-3)75-69(72)63-60-57-54-51-48-45-42-39-28-26-23-20-17-14-11-8-5-2/h9,12,18,21-22,25,29-30,32-33,43,46,66H,4-8,10-11,13-17,19-20,23-24,26-28,31,34-42,44-45,47-65H2,1-3H3/b12-9-,21-18-,25-22-,30-29-,33-32-,46-43-. The summed E-state index contributed by atoms with van der Waals surface area (Å²) in [5, 5.41) is 0. The first kappa shape index (κ1) is 71.8. The summed E-state index contributed by atoms with van der Waals surface area (Å²) in [4.78, 5) is 38.3. The quantitative estimate of drug-likeness (QED) is 0.0261. The molecule has 0 aromatic rings. The van der Waals surface area contributed by atoms with Crippen molar-refractivity contribution in [1.82, 2.24) is 0 Å². The molecule has 0 bridgehead atoms. The van der Waals surface area contributed by atoms with Crippen LogP contribution in [0.25, 0.3) is 0 Å². The van der Waals surface area contributed by atoms with Crippen LogP contribution in [0.3, 0.4) is 0 Å². The van der Waals surface area contributed by atoms with Crippen LogP contribution in [0.2, 0.25) is 0 Å². The topological polar surface area (TPSA) is 78.9 Å². The van der Waals surface area contributed by atoms with E-state index in [-0.39, 0.29) is 31.1 Å². The van der Waals surface area contributed by atoms with Crippen LogP contribution in [0.4, 0.5) is 0 Å². The maximum Gasteiger partial charge on any atom is 0.306 e. The molecule has 75 heavy (non-hydrogen) atoms. The van der Waals surface area contributed by atoms with Gasteiger partial charge in [0.1, 0.15) is 13.2 Å². The molecule has 0 spiro atoms. The molecule has 0 aliphatic heterocycles. The lowest BCUT2D eigenvalue weighted by Gasteiger charge is -2.18. The lowest BCUT2D eigenvalue weighted by atomic mass is 10.0. The molecule has 0 radical (unpaired) electrons. The highest BCUT2D eigenvalue weighted by molar-refractivity contribution is 5.71. The van der Waals surface area contributed by atoms with Crippen molar-refractivity contribution >= 4 is 17.9 Å². The fraction of sp³-hybridized carbons (Fsp3) is 0.783. The molecule has 434 valence electrons. The molecule has 0 fully saturated rings. The zero-order valence-electron chi connectivity index (χ0n) is 49.8. The normalized spacial score (nSPS) is 12.5. The largest absolute Gasteiger partial charge is 0.462 e. The lowest BCUT2D eigenvalue weighted by molar-refractivity contribution is -0.167. The van der Waals surface area contributed by atoms with E-state index in [4.69, 9.17) is 14.2 Å². The second kappa shape index (κ2) is 63.4. The van der Waals surface area contributed by atoms with Gasteiger partial charge in [-0.1, -0.05) is 293 Å². The smallest absolute Gasteiger partial charge is 0.306 e. The molecule has 0 aromatic carbocycles. The molecule has 1 unspecified atom stereocenters. The Morgan fingerprint density at radius 2 is 0.520 bits per heavy atom. The van der Waals surface area contributed by atoms with Crippen LogP contribution >= 0.6 is 0 Å². The van der Waals surface area contributed by atoms with Crippen molar-refractivity contribution in [2.24, 2.45) is 0 Å². The second-order valence-corrected chi connectivity index (χ2v) is 21.6. The molecule has 0 saturated heterocycles. The van der Waals surface area contributed by atoms with Gasteiger partial charge in [0, 0.05) is 19.3 Å². The van der Waals surface area contributed by atoms with Gasteiger partial charge in [-0.05, 0) is 89.9 Å². The first-order chi connectivity index (χ1) is 37.0. The number of hydrogen-bond acceptors (Lipinski definition) is 6. The minimum absolute atomic E-state index is 0.0828. The van der Waals surface area contributed by atoms with E-state index in [2.05, 4.69) is 93.7 Å². The van der Waals surface area contributed by atoms with Gasteiger partial charge in [0.15, 0.2) is 6.10 Å². The Bertz CT molecular complexity index is 1390. The molecular weight excluding hydrogens is 925 g/mol. The van der Waals surface area contributed by atoms with Crippen LogP contribution in [0, 0.1) is 0 Å². The molecule has 0 aromatic heterocycles. The Morgan fingerprint density at radius 1 is 0.280 bits per heavy atom. The van der Waals surface area contributed by atoms with Crippen molar-refractivity contribution in [2.75, 3.05) is 13.2 Å². The molecule has 0 aliphatic carbocycles. The summed E-state index contributed by atoms with van der Waals surface area (Å²) < 4.78 is 16.9. The Morgan fingerprint density at radius 3 is 0.827 bits per heavy atom. The molecule has 0 N–H and O–H groups in total. The minimum atomic E-state index is -0.787. The highest BCUT2D eigenvalue weighted by Crippen LogP contribution is 2.17. The first-order valence-electron chi connectivity index (χ1n) is 32.4. The van der Waals surface area contributed by atoms with E-state index in [1.54, 1.807) is 0 Å². The molecule has 6 nitrogen and oxygen atoms in total. The summed E-state index contributed by atoms with van der Waals surface area (Å²) >= 11 is 0. The minimum Gasteiger partial charge on any atom is -0.462 e. The summed E-state index contributed by atoms with van der Waals surface area (Å²) in [6.07, 6.45) is 82.0. The van der Waals surface area contributed by atoms with Crippen LogP contribution in [0.5, 0.6) is 0 Å². The Hall–Kier alpha value is -3.15. The van der Waals surface area contributed by atoms with E-state index in [0.29, 0.717) is 19.3 Å². The van der Waals surface area contributed by atoms with Crippen LogP contribution in [-0.4, -0.2) is 37.2 Å². The van der Waals surface area contributed by atoms with E-state index < -0.39 is 6.10 Å². The molecule has 0 rings (SSSR count). The third-order valence-electron chi connectivity index (χ3n) is 14.2. The zero-order valence-corrected chi connectivity index (χ0v) is 49.8. The zero-order chi connectivity index (χ0) is 54.3. The maximum atomic E-state index is 12.9. The third kappa shape index (κ3) is 61.6. The number of hydrogen-bond donors (Lipinski definition) is 0. The van der Waals surface area contributed by atoms with Gasteiger partial charge in [0.05, 0.1) is 0 Å². The summed E-state index contributed by atoms with van der Waals surface area (Å²) in [7, 11) is 0. The van der Waals surface area contributed by atoms with Gasteiger partial charge < -0.3 is 14.2 Å². The lowest BCUT2D eigenvalue weighted by Crippen LogP contribution is -2.30. The van der Waals surface area contributed by atoms with Crippen LogP contribution < -0.4 is 0 Å². The predicted molar refractivity (Wildman–Crippen MR) is 325 cm³/mol. The number of allylic oxidation sites excluding steroid dienone is 12. The second-order valence-electron chi connectivity index (χ2n) is 21.6. The molecule has 1 atom stereocenters. The van der Waals surface area contributed by atoms with Gasteiger partial charge in [-0.2, -0.15) is 0 Å². The number of esters is 3. The van der Waals surface area contributed by atoms with Crippen molar-refractivity contribution in [3.05, 3.63) is 72.9 Å². The molecule has 0 amide bonds. The van der Waals surface area contributed by atoms with Gasteiger partial charge in [-0.3, -0.25) is 14.4 Å². The van der Waals surface area contributed by atoms with Gasteiger partial charge in [0.25, 0.3) is 0 Å². The number of carbonyl (C=O) groups is 3. The number of ether oxygens (including phenoxy) is 3. The predicted octanol–water partition coefficient (Wildman–Crippen LogP) is 22.1. The van der Waals surface area contributed by atoms with E-state index in [1.165, 1.54) is 193 Å². The monoisotopic (exact) mass is 1050 g/mol. The number of unbranched alkanes of at least 4 members (excludes halogenated alkanes) is 36. The molecular formula is C69H122O6. The Balaban J connectivity index is 4.27. The van der Waals surface area contributed by atoms with Crippen molar-refractivity contribution in [2.45, 2.75) is 335 Å². The van der Waals surface area contributed by atoms with E-state index in [1.807, 2.05) is 0 Å². The van der Waals surface area contributed by atoms with Gasteiger partial charge in [0.2, 0.25) is 0 Å². The highest BCUT2D eigenvalue weighted by Gasteiger charge is 2.19. The van der Waals surface area contributed by atoms with Gasteiger partial charge in [-0.15, -0.1) is 0 Å². The molecule has 0 aliphatic rings. The molecule has 0 heterocycles. The van der Waals surface area contributed by atoms with Crippen LogP contribution in [0.15, 0.2) is 72.9 Å². The average molecular weight is 1050 g/mol. The summed E-state index contributed by atoms with van der Waals surface area (Å²) in [5.74, 6) is -0.899. The number of carbonyl (C=O) groups excluding carboxylic acids is 3. The fourth-order valence-corrected chi connectivity index (χ4v) is 9.35. The van der Waals surface area contributed by atoms with Crippen LogP contribution in [-0.2, 0) is 28.6 Å².